The van der Waals surface area contributed by atoms with Crippen LogP contribution in [0.4, 0.5) is 0 Å². The Morgan fingerprint density at radius 3 is 2.65 bits per heavy atom. The molecular formula is C23H23NO2. The van der Waals surface area contributed by atoms with Crippen molar-refractivity contribution in [3.63, 3.8) is 0 Å². The van der Waals surface area contributed by atoms with Crippen LogP contribution < -0.4 is 0 Å². The van der Waals surface area contributed by atoms with E-state index >= 15 is 0 Å². The zero-order chi connectivity index (χ0) is 17.9. The first-order chi connectivity index (χ1) is 12.7. The fourth-order valence-electron chi connectivity index (χ4n) is 3.96. The van der Waals surface area contributed by atoms with Gasteiger partial charge in [0, 0.05) is 30.1 Å². The molecule has 3 nitrogen and oxygen atoms in total. The summed E-state index contributed by atoms with van der Waals surface area (Å²) in [5, 5.41) is 12.2. The Bertz CT molecular complexity index is 929. The lowest BCUT2D eigenvalue weighted by molar-refractivity contribution is 0.0812. The van der Waals surface area contributed by atoms with Crippen molar-refractivity contribution in [2.75, 3.05) is 13.1 Å². The molecule has 0 aliphatic carbocycles. The highest BCUT2D eigenvalue weighted by Crippen LogP contribution is 2.27. The number of fused-ring (bicyclic) bond motifs is 1. The minimum absolute atomic E-state index is 0.0143. The summed E-state index contributed by atoms with van der Waals surface area (Å²) >= 11 is 0. The maximum atomic E-state index is 13.2. The van der Waals surface area contributed by atoms with Gasteiger partial charge in [0.2, 0.25) is 0 Å². The Balaban J connectivity index is 1.54. The maximum absolute atomic E-state index is 13.2. The molecule has 26 heavy (non-hydrogen) atoms. The van der Waals surface area contributed by atoms with Crippen molar-refractivity contribution in [1.29, 1.82) is 0 Å². The molecule has 3 heteroatoms. The number of ketones is 1. The number of likely N-dealkylation sites (tertiary alicyclic amines) is 1. The van der Waals surface area contributed by atoms with Gasteiger partial charge in [0.25, 0.3) is 0 Å². The van der Waals surface area contributed by atoms with Crippen LogP contribution in [0.3, 0.4) is 0 Å². The average molecular weight is 345 g/mol. The molecule has 0 spiro atoms. The van der Waals surface area contributed by atoms with E-state index in [1.54, 1.807) is 6.07 Å². The number of carbonyl (C=O) groups excluding carboxylic acids is 1. The third-order valence-corrected chi connectivity index (χ3v) is 5.32. The number of phenolic OH excluding ortho intramolecular Hbond substituents is 1. The zero-order valence-corrected chi connectivity index (χ0v) is 14.8. The number of carbonyl (C=O) groups is 1. The van der Waals surface area contributed by atoms with Crippen molar-refractivity contribution in [3.8, 4) is 5.75 Å². The van der Waals surface area contributed by atoms with Crippen LogP contribution in [0.25, 0.3) is 10.8 Å². The monoisotopic (exact) mass is 345 g/mol. The predicted molar refractivity (Wildman–Crippen MR) is 104 cm³/mol. The van der Waals surface area contributed by atoms with E-state index in [-0.39, 0.29) is 11.7 Å². The van der Waals surface area contributed by atoms with Crippen LogP contribution in [0.5, 0.6) is 5.75 Å². The van der Waals surface area contributed by atoms with Crippen molar-refractivity contribution in [3.05, 3.63) is 77.9 Å². The minimum Gasteiger partial charge on any atom is -0.508 e. The Hall–Kier alpha value is -2.65. The van der Waals surface area contributed by atoms with Gasteiger partial charge in [-0.15, -0.1) is 0 Å². The number of Topliss-reactive ketones (excluding diaryl/α,β-unsaturated/α-hetero) is 1. The number of benzene rings is 3. The first-order valence-corrected chi connectivity index (χ1v) is 9.23. The summed E-state index contributed by atoms with van der Waals surface area (Å²) in [6, 6.07) is 21.5. The van der Waals surface area contributed by atoms with E-state index in [0.717, 1.165) is 47.8 Å². The Morgan fingerprint density at radius 1 is 1.00 bits per heavy atom. The van der Waals surface area contributed by atoms with Crippen molar-refractivity contribution in [1.82, 2.24) is 4.90 Å². The third-order valence-electron chi connectivity index (χ3n) is 5.32. The second-order valence-corrected chi connectivity index (χ2v) is 7.09. The molecule has 0 amide bonds. The van der Waals surface area contributed by atoms with Gasteiger partial charge >= 0.3 is 0 Å². The summed E-state index contributed by atoms with van der Waals surface area (Å²) < 4.78 is 0. The molecule has 3 aromatic rings. The van der Waals surface area contributed by atoms with Crippen LogP contribution in [0.2, 0.25) is 0 Å². The second-order valence-electron chi connectivity index (χ2n) is 7.09. The van der Waals surface area contributed by atoms with Gasteiger partial charge in [0.1, 0.15) is 5.75 Å². The molecule has 3 aromatic carbocycles. The fraction of sp³-hybridized carbons (Fsp3) is 0.261. The number of hydrogen-bond donors (Lipinski definition) is 1. The van der Waals surface area contributed by atoms with E-state index in [4.69, 9.17) is 0 Å². The fourth-order valence-corrected chi connectivity index (χ4v) is 3.96. The van der Waals surface area contributed by atoms with E-state index < -0.39 is 0 Å². The molecule has 1 saturated heterocycles. The normalized spacial score (nSPS) is 18.1. The molecule has 0 unspecified atom stereocenters. The van der Waals surface area contributed by atoms with Gasteiger partial charge in [-0.25, -0.2) is 0 Å². The zero-order valence-electron chi connectivity index (χ0n) is 14.8. The smallest absolute Gasteiger partial charge is 0.167 e. The average Bonchev–Trinajstić information content (AvgIpc) is 2.69. The van der Waals surface area contributed by atoms with Gasteiger partial charge in [0.05, 0.1) is 0 Å². The highest BCUT2D eigenvalue weighted by molar-refractivity contribution is 6.09. The van der Waals surface area contributed by atoms with Crippen molar-refractivity contribution >= 4 is 16.6 Å². The molecule has 0 radical (unpaired) electrons. The number of aromatic hydroxyl groups is 1. The highest BCUT2D eigenvalue weighted by atomic mass is 16.3. The predicted octanol–water partition coefficient (Wildman–Crippen LogP) is 4.64. The molecule has 132 valence electrons. The Kier molecular flexibility index (Phi) is 4.72. The molecule has 0 bridgehead atoms. The lowest BCUT2D eigenvalue weighted by Gasteiger charge is -2.32. The molecule has 1 N–H and O–H groups in total. The molecule has 1 aliphatic heterocycles. The SMILES string of the molecule is O=C(c1cccc2ccccc12)[C@H]1CCCN(Cc2ccccc2O)C1. The molecule has 1 atom stereocenters. The summed E-state index contributed by atoms with van der Waals surface area (Å²) in [4.78, 5) is 15.5. The van der Waals surface area contributed by atoms with Crippen LogP contribution in [-0.4, -0.2) is 28.9 Å². The van der Waals surface area contributed by atoms with Crippen LogP contribution in [0, 0.1) is 5.92 Å². The summed E-state index contributed by atoms with van der Waals surface area (Å²) in [5.41, 5.74) is 1.75. The second kappa shape index (κ2) is 7.30. The number of hydrogen-bond acceptors (Lipinski definition) is 3. The quantitative estimate of drug-likeness (QED) is 0.700. The summed E-state index contributed by atoms with van der Waals surface area (Å²) in [6.45, 7) is 2.40. The summed E-state index contributed by atoms with van der Waals surface area (Å²) in [6.07, 6.45) is 1.94. The van der Waals surface area contributed by atoms with E-state index in [0.29, 0.717) is 12.3 Å². The van der Waals surface area contributed by atoms with Gasteiger partial charge in [0.15, 0.2) is 5.78 Å². The van der Waals surface area contributed by atoms with Crippen molar-refractivity contribution in [2.24, 2.45) is 5.92 Å². The molecule has 4 rings (SSSR count). The van der Waals surface area contributed by atoms with Gasteiger partial charge in [-0.3, -0.25) is 9.69 Å². The maximum Gasteiger partial charge on any atom is 0.167 e. The van der Waals surface area contributed by atoms with Gasteiger partial charge in [-0.2, -0.15) is 0 Å². The van der Waals surface area contributed by atoms with Crippen LogP contribution in [-0.2, 0) is 6.54 Å². The molecule has 1 heterocycles. The first kappa shape index (κ1) is 16.8. The lowest BCUT2D eigenvalue weighted by atomic mass is 9.88. The van der Waals surface area contributed by atoms with E-state index in [2.05, 4.69) is 17.0 Å². The van der Waals surface area contributed by atoms with Crippen LogP contribution in [0.1, 0.15) is 28.8 Å². The van der Waals surface area contributed by atoms with Crippen LogP contribution in [0.15, 0.2) is 66.7 Å². The van der Waals surface area contributed by atoms with E-state index in [1.165, 1.54) is 0 Å². The van der Waals surface area contributed by atoms with Crippen molar-refractivity contribution < 1.29 is 9.90 Å². The largest absolute Gasteiger partial charge is 0.508 e. The topological polar surface area (TPSA) is 40.5 Å². The summed E-state index contributed by atoms with van der Waals surface area (Å²) in [7, 11) is 0. The Labute approximate surface area is 153 Å². The number of nitrogens with zero attached hydrogens (tertiary/aromatic N) is 1. The molecule has 1 fully saturated rings. The highest BCUT2D eigenvalue weighted by Gasteiger charge is 2.27. The first-order valence-electron chi connectivity index (χ1n) is 9.23. The van der Waals surface area contributed by atoms with Gasteiger partial charge in [-0.05, 0) is 36.2 Å². The molecule has 1 aliphatic rings. The van der Waals surface area contributed by atoms with E-state index in [9.17, 15) is 9.90 Å². The molecule has 0 aromatic heterocycles. The molecule has 0 saturated carbocycles. The number of rotatable bonds is 4. The number of para-hydroxylation sites is 1. The standard InChI is InChI=1S/C23H23NO2/c25-22-13-4-2-8-18(22)15-24-14-6-10-19(16-24)23(26)21-12-5-9-17-7-1-3-11-20(17)21/h1-5,7-9,11-13,19,25H,6,10,14-16H2/t19-/m0/s1. The van der Waals surface area contributed by atoms with Gasteiger partial charge < -0.3 is 5.11 Å². The third kappa shape index (κ3) is 3.35. The lowest BCUT2D eigenvalue weighted by Crippen LogP contribution is -2.38. The van der Waals surface area contributed by atoms with Gasteiger partial charge in [-0.1, -0.05) is 60.7 Å². The number of piperidine rings is 1. The molecular weight excluding hydrogens is 322 g/mol. The Morgan fingerprint density at radius 2 is 1.77 bits per heavy atom. The van der Waals surface area contributed by atoms with Crippen molar-refractivity contribution in [2.45, 2.75) is 19.4 Å². The van der Waals surface area contributed by atoms with E-state index in [1.807, 2.05) is 48.5 Å². The number of phenols is 1. The minimum atomic E-state index is 0.0143. The summed E-state index contributed by atoms with van der Waals surface area (Å²) in [5.74, 6) is 0.583. The van der Waals surface area contributed by atoms with Crippen LogP contribution >= 0.6 is 0 Å².